The number of aliphatic hydroxyl groups excluding tert-OH is 1. The minimum Gasteiger partial charge on any atom is -0.387 e. The molecule has 0 radical (unpaired) electrons. The molecule has 2 aromatic rings. The minimum absolute atomic E-state index is 0.0776. The van der Waals surface area contributed by atoms with Gasteiger partial charge in [-0.25, -0.2) is 8.42 Å². The third-order valence-electron chi connectivity index (χ3n) is 3.06. The van der Waals surface area contributed by atoms with Crippen molar-refractivity contribution < 1.29 is 13.5 Å². The normalized spacial score (nSPS) is 13.4. The highest BCUT2D eigenvalue weighted by atomic mass is 32.2. The summed E-state index contributed by atoms with van der Waals surface area (Å²) in [6.45, 7) is 0. The lowest BCUT2D eigenvalue weighted by molar-refractivity contribution is 0.202. The molecule has 1 atom stereocenters. The van der Waals surface area contributed by atoms with Gasteiger partial charge in [-0.1, -0.05) is 72.8 Å². The molecule has 2 aromatic carbocycles. The molecular formula is C17H18O3S. The maximum absolute atomic E-state index is 12.0. The van der Waals surface area contributed by atoms with E-state index in [1.807, 2.05) is 36.4 Å². The lowest BCUT2D eigenvalue weighted by Gasteiger charge is -2.10. The fourth-order valence-corrected chi connectivity index (χ4v) is 3.17. The highest BCUT2D eigenvalue weighted by molar-refractivity contribution is 7.91. The Morgan fingerprint density at radius 1 is 0.952 bits per heavy atom. The minimum atomic E-state index is -3.34. The first-order valence-electron chi connectivity index (χ1n) is 6.72. The van der Waals surface area contributed by atoms with Gasteiger partial charge in [0.2, 0.25) is 0 Å². The second-order valence-corrected chi connectivity index (χ2v) is 6.97. The van der Waals surface area contributed by atoms with Crippen LogP contribution in [0.2, 0.25) is 0 Å². The summed E-state index contributed by atoms with van der Waals surface area (Å²) in [7, 11) is -3.34. The van der Waals surface area contributed by atoms with Crippen molar-refractivity contribution in [2.24, 2.45) is 0 Å². The molecule has 0 aliphatic heterocycles. The monoisotopic (exact) mass is 302 g/mol. The molecule has 1 N–H and O–H groups in total. The lowest BCUT2D eigenvalue weighted by atomic mass is 10.1. The molecule has 0 fully saturated rings. The second-order valence-electron chi connectivity index (χ2n) is 4.82. The van der Waals surface area contributed by atoms with Crippen LogP contribution >= 0.6 is 0 Å². The van der Waals surface area contributed by atoms with Gasteiger partial charge in [0.15, 0.2) is 9.84 Å². The van der Waals surface area contributed by atoms with E-state index in [0.717, 1.165) is 5.56 Å². The topological polar surface area (TPSA) is 54.4 Å². The van der Waals surface area contributed by atoms with Gasteiger partial charge in [-0.2, -0.15) is 0 Å². The SMILES string of the molecule is O=S(=O)(CC=Cc1ccccc1)CC(O)c1ccccc1. The smallest absolute Gasteiger partial charge is 0.156 e. The number of hydrogen-bond donors (Lipinski definition) is 1. The van der Waals surface area contributed by atoms with Gasteiger partial charge >= 0.3 is 0 Å². The summed E-state index contributed by atoms with van der Waals surface area (Å²) < 4.78 is 24.0. The molecular weight excluding hydrogens is 284 g/mol. The van der Waals surface area contributed by atoms with Gasteiger partial charge in [0.25, 0.3) is 0 Å². The zero-order valence-corrected chi connectivity index (χ0v) is 12.4. The van der Waals surface area contributed by atoms with Crippen molar-refractivity contribution in [3.05, 3.63) is 77.9 Å². The van der Waals surface area contributed by atoms with Gasteiger partial charge in [0, 0.05) is 0 Å². The van der Waals surface area contributed by atoms with Gasteiger partial charge in [-0.15, -0.1) is 0 Å². The van der Waals surface area contributed by atoms with E-state index in [2.05, 4.69) is 0 Å². The summed E-state index contributed by atoms with van der Waals surface area (Å²) in [4.78, 5) is 0. The molecule has 0 aliphatic rings. The molecule has 0 heterocycles. The third kappa shape index (κ3) is 5.17. The summed E-state index contributed by atoms with van der Waals surface area (Å²) in [5.41, 5.74) is 1.57. The fourth-order valence-electron chi connectivity index (χ4n) is 1.97. The summed E-state index contributed by atoms with van der Waals surface area (Å²) in [5.74, 6) is -0.345. The van der Waals surface area contributed by atoms with Gasteiger partial charge in [-0.3, -0.25) is 0 Å². The first kappa shape index (κ1) is 15.5. The van der Waals surface area contributed by atoms with E-state index in [9.17, 15) is 13.5 Å². The molecule has 0 bridgehead atoms. The zero-order chi connectivity index (χ0) is 15.1. The predicted molar refractivity (Wildman–Crippen MR) is 85.5 cm³/mol. The molecule has 0 saturated heterocycles. The molecule has 2 rings (SSSR count). The molecule has 1 unspecified atom stereocenters. The number of hydrogen-bond acceptors (Lipinski definition) is 3. The second kappa shape index (κ2) is 7.20. The molecule has 0 aromatic heterocycles. The Morgan fingerprint density at radius 3 is 2.14 bits per heavy atom. The molecule has 0 aliphatic carbocycles. The van der Waals surface area contributed by atoms with E-state index in [1.165, 1.54) is 0 Å². The third-order valence-corrected chi connectivity index (χ3v) is 4.58. The number of sulfone groups is 1. The van der Waals surface area contributed by atoms with Crippen LogP contribution in [-0.4, -0.2) is 25.0 Å². The van der Waals surface area contributed by atoms with Crippen molar-refractivity contribution in [2.45, 2.75) is 6.10 Å². The van der Waals surface area contributed by atoms with Gasteiger partial charge in [-0.05, 0) is 11.1 Å². The predicted octanol–water partition coefficient (Wildman–Crippen LogP) is 2.85. The van der Waals surface area contributed by atoms with E-state index in [-0.39, 0.29) is 11.5 Å². The highest BCUT2D eigenvalue weighted by Crippen LogP contribution is 2.15. The fraction of sp³-hybridized carbons (Fsp3) is 0.176. The standard InChI is InChI=1S/C17H18O3S/c18-17(16-11-5-2-6-12-16)14-21(19,20)13-7-10-15-8-3-1-4-9-15/h1-12,17-18H,13-14H2. The molecule has 21 heavy (non-hydrogen) atoms. The van der Waals surface area contributed by atoms with Crippen molar-refractivity contribution in [3.63, 3.8) is 0 Å². The van der Waals surface area contributed by atoms with E-state index in [1.54, 1.807) is 36.4 Å². The molecule has 110 valence electrons. The Labute approximate surface area is 125 Å². The maximum Gasteiger partial charge on any atom is 0.156 e. The van der Waals surface area contributed by atoms with E-state index >= 15 is 0 Å². The highest BCUT2D eigenvalue weighted by Gasteiger charge is 2.17. The quantitative estimate of drug-likeness (QED) is 0.892. The van der Waals surface area contributed by atoms with Crippen LogP contribution in [0.4, 0.5) is 0 Å². The van der Waals surface area contributed by atoms with Crippen LogP contribution in [0, 0.1) is 0 Å². The Hall–Kier alpha value is -1.91. The van der Waals surface area contributed by atoms with Crippen molar-refractivity contribution in [3.8, 4) is 0 Å². The summed E-state index contributed by atoms with van der Waals surface area (Å²) >= 11 is 0. The molecule has 4 heteroatoms. The molecule has 0 saturated carbocycles. The zero-order valence-electron chi connectivity index (χ0n) is 11.6. The van der Waals surface area contributed by atoms with Crippen LogP contribution in [0.5, 0.6) is 0 Å². The average Bonchev–Trinajstić information content (AvgIpc) is 2.48. The van der Waals surface area contributed by atoms with Crippen LogP contribution in [0.15, 0.2) is 66.7 Å². The Bertz CT molecular complexity index is 676. The van der Waals surface area contributed by atoms with Gasteiger partial charge in [0.1, 0.15) is 0 Å². The molecule has 0 amide bonds. The largest absolute Gasteiger partial charge is 0.387 e. The van der Waals surface area contributed by atoms with Crippen LogP contribution < -0.4 is 0 Å². The van der Waals surface area contributed by atoms with Crippen LogP contribution in [0.25, 0.3) is 6.08 Å². The summed E-state index contributed by atoms with van der Waals surface area (Å²) in [5, 5.41) is 9.97. The van der Waals surface area contributed by atoms with Gasteiger partial charge in [0.05, 0.1) is 17.6 Å². The number of aliphatic hydroxyl groups is 1. The number of rotatable bonds is 6. The van der Waals surface area contributed by atoms with Crippen LogP contribution in [-0.2, 0) is 9.84 Å². The Morgan fingerprint density at radius 2 is 1.52 bits per heavy atom. The van der Waals surface area contributed by atoms with Crippen LogP contribution in [0.3, 0.4) is 0 Å². The van der Waals surface area contributed by atoms with Crippen molar-refractivity contribution in [1.29, 1.82) is 0 Å². The Balaban J connectivity index is 1.95. The van der Waals surface area contributed by atoms with Crippen molar-refractivity contribution >= 4 is 15.9 Å². The first-order valence-corrected chi connectivity index (χ1v) is 8.54. The molecule has 3 nitrogen and oxygen atoms in total. The summed E-state index contributed by atoms with van der Waals surface area (Å²) in [6, 6.07) is 18.3. The summed E-state index contributed by atoms with van der Waals surface area (Å²) in [6.07, 6.45) is 2.40. The van der Waals surface area contributed by atoms with E-state index < -0.39 is 15.9 Å². The van der Waals surface area contributed by atoms with Gasteiger partial charge < -0.3 is 5.11 Å². The van der Waals surface area contributed by atoms with E-state index in [0.29, 0.717) is 5.56 Å². The van der Waals surface area contributed by atoms with Crippen molar-refractivity contribution in [2.75, 3.05) is 11.5 Å². The average molecular weight is 302 g/mol. The lowest BCUT2D eigenvalue weighted by Crippen LogP contribution is -2.16. The number of benzene rings is 2. The Kier molecular flexibility index (Phi) is 5.31. The van der Waals surface area contributed by atoms with Crippen LogP contribution in [0.1, 0.15) is 17.2 Å². The maximum atomic E-state index is 12.0. The van der Waals surface area contributed by atoms with Crippen molar-refractivity contribution in [1.82, 2.24) is 0 Å². The van der Waals surface area contributed by atoms with E-state index in [4.69, 9.17) is 0 Å². The first-order chi connectivity index (χ1) is 10.1. The molecule has 0 spiro atoms.